The zero-order chi connectivity index (χ0) is 23.4. The van der Waals surface area contributed by atoms with Gasteiger partial charge in [-0.05, 0) is 49.4 Å². The standard InChI is InChI=1S/4C5H10O2.Ir/c4*1-3-4(2)5(6)7;/h4*4H,3H2,1-2H3,(H,6,7);/q;;;;+4/p-4. The maximum absolute atomic E-state index is 9.82. The second-order valence-corrected chi connectivity index (χ2v) is 6.51. The van der Waals surface area contributed by atoms with Crippen LogP contribution in [-0.4, -0.2) is 23.9 Å². The van der Waals surface area contributed by atoms with Gasteiger partial charge in [-0.2, -0.15) is 0 Å². The molecular weight excluding hydrogens is 560 g/mol. The minimum atomic E-state index is -0.956. The minimum absolute atomic E-state index is 0. The number of carbonyl (C=O) groups is 4. The van der Waals surface area contributed by atoms with Gasteiger partial charge in [0.1, 0.15) is 0 Å². The van der Waals surface area contributed by atoms with Crippen LogP contribution in [-0.2, 0) is 39.3 Å². The zero-order valence-corrected chi connectivity index (χ0v) is 21.1. The molecule has 0 aliphatic heterocycles. The molecule has 0 spiro atoms. The van der Waals surface area contributed by atoms with Gasteiger partial charge >= 0.3 is 20.1 Å². The Hall–Kier alpha value is -1.47. The van der Waals surface area contributed by atoms with E-state index in [0.717, 1.165) is 0 Å². The molecular formula is C20H36IrO8. The van der Waals surface area contributed by atoms with Gasteiger partial charge in [0.25, 0.3) is 0 Å². The number of carboxylic acids is 4. The van der Waals surface area contributed by atoms with Crippen molar-refractivity contribution in [3.63, 3.8) is 0 Å². The molecule has 0 aromatic heterocycles. The van der Waals surface area contributed by atoms with Gasteiger partial charge in [-0.1, -0.05) is 55.4 Å². The Morgan fingerprint density at radius 3 is 0.586 bits per heavy atom. The summed E-state index contributed by atoms with van der Waals surface area (Å²) in [4.78, 5) is 39.3. The van der Waals surface area contributed by atoms with E-state index in [1.54, 1.807) is 27.7 Å². The fourth-order valence-electron chi connectivity index (χ4n) is 0.667. The second-order valence-electron chi connectivity index (χ2n) is 6.51. The van der Waals surface area contributed by atoms with Gasteiger partial charge in [-0.15, -0.1) is 0 Å². The molecule has 0 aromatic carbocycles. The maximum Gasteiger partial charge on any atom is 4.00 e. The third kappa shape index (κ3) is 31.4. The van der Waals surface area contributed by atoms with E-state index < -0.39 is 23.9 Å². The number of rotatable bonds is 8. The van der Waals surface area contributed by atoms with Gasteiger partial charge in [0, 0.05) is 23.9 Å². The molecule has 0 aliphatic carbocycles. The summed E-state index contributed by atoms with van der Waals surface area (Å²) < 4.78 is 0. The number of carbonyl (C=O) groups excluding carboxylic acids is 4. The van der Waals surface area contributed by atoms with Gasteiger partial charge < -0.3 is 39.6 Å². The molecule has 0 heterocycles. The first-order valence-electron chi connectivity index (χ1n) is 9.56. The van der Waals surface area contributed by atoms with Gasteiger partial charge in [0.2, 0.25) is 0 Å². The summed E-state index contributed by atoms with van der Waals surface area (Å²) in [5.41, 5.74) is 0. The summed E-state index contributed by atoms with van der Waals surface area (Å²) in [5.74, 6) is -4.99. The van der Waals surface area contributed by atoms with E-state index in [1.807, 2.05) is 27.7 Å². The third-order valence-corrected chi connectivity index (χ3v) is 4.06. The Morgan fingerprint density at radius 2 is 0.586 bits per heavy atom. The topological polar surface area (TPSA) is 161 Å². The molecule has 8 nitrogen and oxygen atoms in total. The normalized spacial score (nSPS) is 13.0. The number of hydrogen-bond acceptors (Lipinski definition) is 8. The van der Waals surface area contributed by atoms with Crippen molar-refractivity contribution < 1.29 is 59.7 Å². The number of carboxylic acid groups (broad SMARTS) is 4. The van der Waals surface area contributed by atoms with Crippen LogP contribution in [0.1, 0.15) is 81.1 Å². The Labute approximate surface area is 188 Å². The van der Waals surface area contributed by atoms with Crippen LogP contribution < -0.4 is 20.4 Å². The second kappa shape index (κ2) is 24.6. The van der Waals surface area contributed by atoms with Crippen LogP contribution in [0, 0.1) is 23.7 Å². The number of aliphatic carboxylic acids is 4. The molecule has 0 saturated carbocycles. The fraction of sp³-hybridized carbons (Fsp3) is 0.800. The van der Waals surface area contributed by atoms with Crippen molar-refractivity contribution in [2.75, 3.05) is 0 Å². The van der Waals surface area contributed by atoms with Crippen molar-refractivity contribution in [2.45, 2.75) is 81.1 Å². The number of hydrogen-bond donors (Lipinski definition) is 0. The summed E-state index contributed by atoms with van der Waals surface area (Å²) in [6.07, 6.45) is 2.62. The molecule has 1 radical (unpaired) electrons. The van der Waals surface area contributed by atoms with E-state index in [0.29, 0.717) is 25.7 Å². The molecule has 0 aromatic rings. The summed E-state index contributed by atoms with van der Waals surface area (Å²) in [5, 5.41) is 39.3. The van der Waals surface area contributed by atoms with Crippen molar-refractivity contribution in [1.82, 2.24) is 0 Å². The van der Waals surface area contributed by atoms with Crippen molar-refractivity contribution >= 4 is 23.9 Å². The van der Waals surface area contributed by atoms with Crippen LogP contribution in [0.4, 0.5) is 0 Å². The Morgan fingerprint density at radius 1 is 0.483 bits per heavy atom. The molecule has 4 atom stereocenters. The minimum Gasteiger partial charge on any atom is -0.550 e. The summed E-state index contributed by atoms with van der Waals surface area (Å²) in [6.45, 7) is 13.8. The van der Waals surface area contributed by atoms with Crippen molar-refractivity contribution in [1.29, 1.82) is 0 Å². The molecule has 0 aliphatic rings. The SMILES string of the molecule is CCC(C)C(=O)[O-].CCC(C)C(=O)[O-].CCC(C)C(=O)[O-].CCC(C)C(=O)[O-].[Ir+4]. The molecule has 173 valence electrons. The van der Waals surface area contributed by atoms with E-state index in [1.165, 1.54) is 0 Å². The van der Waals surface area contributed by atoms with Crippen LogP contribution >= 0.6 is 0 Å². The van der Waals surface area contributed by atoms with E-state index in [-0.39, 0.29) is 43.8 Å². The molecule has 29 heavy (non-hydrogen) atoms. The van der Waals surface area contributed by atoms with Crippen molar-refractivity contribution in [3.8, 4) is 0 Å². The first-order chi connectivity index (χ1) is 12.7. The van der Waals surface area contributed by atoms with Gasteiger partial charge in [-0.3, -0.25) is 0 Å². The van der Waals surface area contributed by atoms with Crippen LogP contribution in [0.25, 0.3) is 0 Å². The summed E-state index contributed by atoms with van der Waals surface area (Å²) in [7, 11) is 0. The first-order valence-corrected chi connectivity index (χ1v) is 9.56. The molecule has 9 heteroatoms. The van der Waals surface area contributed by atoms with Crippen LogP contribution in [0.3, 0.4) is 0 Å². The van der Waals surface area contributed by atoms with Gasteiger partial charge in [0.05, 0.1) is 0 Å². The van der Waals surface area contributed by atoms with E-state index in [4.69, 9.17) is 0 Å². The Balaban J connectivity index is -0.0000000873. The maximum atomic E-state index is 9.82. The van der Waals surface area contributed by atoms with Crippen LogP contribution in [0.5, 0.6) is 0 Å². The Kier molecular flexibility index (Phi) is 32.3. The molecule has 0 amide bonds. The average Bonchev–Trinajstić information content (AvgIpc) is 2.66. The molecule has 0 fully saturated rings. The van der Waals surface area contributed by atoms with E-state index in [2.05, 4.69) is 0 Å². The average molecular weight is 597 g/mol. The molecule has 0 bridgehead atoms. The third-order valence-electron chi connectivity index (χ3n) is 4.06. The quantitative estimate of drug-likeness (QED) is 0.349. The molecule has 0 rings (SSSR count). The van der Waals surface area contributed by atoms with Crippen LogP contribution in [0.2, 0.25) is 0 Å². The van der Waals surface area contributed by atoms with Gasteiger partial charge in [0.15, 0.2) is 0 Å². The Bertz CT molecular complexity index is 360. The monoisotopic (exact) mass is 597 g/mol. The predicted octanol–water partition coefficient (Wildman–Crippen LogP) is -0.873. The molecule has 0 saturated heterocycles. The zero-order valence-electron chi connectivity index (χ0n) is 18.7. The fourth-order valence-corrected chi connectivity index (χ4v) is 0.667. The summed E-state index contributed by atoms with van der Waals surface area (Å²) in [6, 6.07) is 0. The first kappa shape index (κ1) is 38.2. The smallest absolute Gasteiger partial charge is 0.550 e. The van der Waals surface area contributed by atoms with E-state index in [9.17, 15) is 39.6 Å². The summed E-state index contributed by atoms with van der Waals surface area (Å²) >= 11 is 0. The van der Waals surface area contributed by atoms with E-state index >= 15 is 0 Å². The largest absolute Gasteiger partial charge is 4.00 e. The predicted molar refractivity (Wildman–Crippen MR) is 97.8 cm³/mol. The van der Waals surface area contributed by atoms with Crippen molar-refractivity contribution in [2.24, 2.45) is 23.7 Å². The molecule has 0 N–H and O–H groups in total. The van der Waals surface area contributed by atoms with Crippen molar-refractivity contribution in [3.05, 3.63) is 0 Å². The molecule has 4 unspecified atom stereocenters. The van der Waals surface area contributed by atoms with Gasteiger partial charge in [-0.25, -0.2) is 0 Å². The van der Waals surface area contributed by atoms with Crippen LogP contribution in [0.15, 0.2) is 0 Å².